The highest BCUT2D eigenvalue weighted by Gasteiger charge is 2.55. The molecule has 1 N–H and O–H groups in total. The van der Waals surface area contributed by atoms with Crippen molar-refractivity contribution in [1.82, 2.24) is 35.3 Å². The van der Waals surface area contributed by atoms with Crippen LogP contribution in [0.2, 0.25) is 0 Å². The van der Waals surface area contributed by atoms with Crippen molar-refractivity contribution in [1.29, 1.82) is 5.26 Å². The third-order valence-electron chi connectivity index (χ3n) is 8.18. The van der Waals surface area contributed by atoms with Gasteiger partial charge in [-0.25, -0.2) is 5.10 Å². The molecule has 34 heavy (non-hydrogen) atoms. The van der Waals surface area contributed by atoms with E-state index in [1.807, 2.05) is 41.0 Å². The lowest BCUT2D eigenvalue weighted by Gasteiger charge is -2.38. The van der Waals surface area contributed by atoms with Gasteiger partial charge in [0.05, 0.1) is 18.2 Å². The summed E-state index contributed by atoms with van der Waals surface area (Å²) < 4.78 is 0. The minimum atomic E-state index is -0.279. The average Bonchev–Trinajstić information content (AvgIpc) is 3.28. The van der Waals surface area contributed by atoms with Crippen LogP contribution in [-0.2, 0) is 9.59 Å². The number of carbonyl (C=O) groups is 2. The van der Waals surface area contributed by atoms with Crippen molar-refractivity contribution in [2.75, 3.05) is 13.1 Å². The maximum Gasteiger partial charge on any atom is 0.240 e. The van der Waals surface area contributed by atoms with E-state index in [1.54, 1.807) is 0 Å². The van der Waals surface area contributed by atoms with Gasteiger partial charge in [-0.1, -0.05) is 31.2 Å². The highest BCUT2D eigenvalue weighted by Crippen LogP contribution is 2.48. The van der Waals surface area contributed by atoms with Crippen molar-refractivity contribution < 1.29 is 9.59 Å². The third-order valence-corrected chi connectivity index (χ3v) is 8.18. The number of H-pyrrole nitrogens is 1. The molecule has 1 aliphatic carbocycles. The molecule has 2 amide bonds. The van der Waals surface area contributed by atoms with E-state index in [0.717, 1.165) is 36.9 Å². The van der Waals surface area contributed by atoms with Crippen LogP contribution in [0, 0.1) is 23.2 Å². The van der Waals surface area contributed by atoms with E-state index < -0.39 is 0 Å². The van der Waals surface area contributed by atoms with Crippen molar-refractivity contribution >= 4 is 11.8 Å². The number of rotatable bonds is 6. The number of fused-ring (bicyclic) bond motifs is 3. The Kier molecular flexibility index (Phi) is 4.92. The lowest BCUT2D eigenvalue weighted by Crippen LogP contribution is -2.53. The molecule has 4 aliphatic rings. The first-order valence-corrected chi connectivity index (χ1v) is 12.1. The Morgan fingerprint density at radius 3 is 2.71 bits per heavy atom. The predicted octanol–water partition coefficient (Wildman–Crippen LogP) is 1.36. The molecule has 4 heterocycles. The summed E-state index contributed by atoms with van der Waals surface area (Å²) in [4.78, 5) is 32.5. The van der Waals surface area contributed by atoms with Gasteiger partial charge in [0.1, 0.15) is 6.04 Å². The second-order valence-electron chi connectivity index (χ2n) is 10.2. The molecular weight excluding hydrogens is 432 g/mol. The van der Waals surface area contributed by atoms with Gasteiger partial charge >= 0.3 is 0 Å². The number of piperazine rings is 1. The quantitative estimate of drug-likeness (QED) is 0.691. The first-order valence-electron chi connectivity index (χ1n) is 12.1. The average molecular weight is 461 g/mol. The number of hydrogen-bond donors (Lipinski definition) is 1. The Morgan fingerprint density at radius 2 is 2.03 bits per heavy atom. The van der Waals surface area contributed by atoms with Crippen molar-refractivity contribution in [3.63, 3.8) is 0 Å². The number of benzene rings is 1. The largest absolute Gasteiger partial charge is 0.330 e. The van der Waals surface area contributed by atoms with Crippen LogP contribution in [0.25, 0.3) is 11.4 Å². The Balaban J connectivity index is 1.10. The van der Waals surface area contributed by atoms with Gasteiger partial charge < -0.3 is 9.80 Å². The van der Waals surface area contributed by atoms with Gasteiger partial charge in [-0.2, -0.15) is 5.26 Å². The standard InChI is InChI=1S/C24H28N8O2/c1-13(23(33)32-18(10-25)7-17-8-20(17)32)11-30-12-19-9-21(30)24(34)31(19)14(2)15-3-5-16(6-4-15)22-26-28-29-27-22/h3-6,13-14,17-21H,7-9,11-12H2,1-2H3,(H,26,27,28,29)/t13-,14+,17+,18-,19-,20?,21-/m0/s1. The fraction of sp³-hybridized carbons (Fsp3) is 0.583. The van der Waals surface area contributed by atoms with Crippen LogP contribution in [-0.4, -0.2) is 84.4 Å². The lowest BCUT2D eigenvalue weighted by molar-refractivity contribution is -0.142. The Hall–Kier alpha value is -3.32. The SMILES string of the molecule is C[C@H](c1ccc(-c2nnn[nH]2)cc1)N1C(=O)[C@@H]2C[C@H]1CN2C[C@H](C)C(=O)N1C2C[C@H]2C[C@H]1C#N. The molecule has 2 aromatic rings. The highest BCUT2D eigenvalue weighted by molar-refractivity contribution is 5.86. The number of piperidine rings is 1. The van der Waals surface area contributed by atoms with E-state index >= 15 is 0 Å². The van der Waals surface area contributed by atoms with E-state index in [-0.39, 0.29) is 47.9 Å². The second kappa shape index (κ2) is 7.87. The van der Waals surface area contributed by atoms with Crippen LogP contribution in [0.3, 0.4) is 0 Å². The molecule has 176 valence electrons. The summed E-state index contributed by atoms with van der Waals surface area (Å²) in [7, 11) is 0. The minimum absolute atomic E-state index is 0.0293. The Bertz CT molecular complexity index is 1140. The van der Waals surface area contributed by atoms with Crippen LogP contribution >= 0.6 is 0 Å². The number of carbonyl (C=O) groups excluding carboxylic acids is 2. The van der Waals surface area contributed by atoms with Crippen LogP contribution in [0.15, 0.2) is 24.3 Å². The van der Waals surface area contributed by atoms with Crippen molar-refractivity contribution in [2.45, 2.75) is 63.3 Å². The molecule has 1 saturated carbocycles. The topological polar surface area (TPSA) is 122 Å². The van der Waals surface area contributed by atoms with Crippen molar-refractivity contribution in [2.24, 2.45) is 11.8 Å². The van der Waals surface area contributed by atoms with Gasteiger partial charge in [0.15, 0.2) is 5.82 Å². The van der Waals surface area contributed by atoms with Gasteiger partial charge in [-0.05, 0) is 48.1 Å². The summed E-state index contributed by atoms with van der Waals surface area (Å²) >= 11 is 0. The normalized spacial score (nSPS) is 31.4. The van der Waals surface area contributed by atoms with E-state index in [1.165, 1.54) is 0 Å². The molecule has 10 heteroatoms. The zero-order valence-electron chi connectivity index (χ0n) is 19.3. The van der Waals surface area contributed by atoms with Crippen LogP contribution in [0.1, 0.15) is 44.7 Å². The zero-order valence-corrected chi connectivity index (χ0v) is 19.3. The zero-order chi connectivity index (χ0) is 23.6. The maximum absolute atomic E-state index is 13.3. The van der Waals surface area contributed by atoms with E-state index in [0.29, 0.717) is 18.3 Å². The molecule has 1 aromatic heterocycles. The number of amides is 2. The summed E-state index contributed by atoms with van der Waals surface area (Å²) in [6, 6.07) is 10.2. The molecule has 1 aromatic carbocycles. The molecule has 0 spiro atoms. The number of likely N-dealkylation sites (tertiary alicyclic amines) is 3. The van der Waals surface area contributed by atoms with Crippen molar-refractivity contribution in [3.8, 4) is 17.5 Å². The van der Waals surface area contributed by atoms with Gasteiger partial charge in [-0.15, -0.1) is 5.10 Å². The number of nitriles is 1. The fourth-order valence-electron chi connectivity index (χ4n) is 6.33. The van der Waals surface area contributed by atoms with E-state index in [9.17, 15) is 14.9 Å². The molecule has 2 bridgehead atoms. The van der Waals surface area contributed by atoms with Gasteiger partial charge in [0.25, 0.3) is 0 Å². The summed E-state index contributed by atoms with van der Waals surface area (Å²) in [5.41, 5.74) is 1.97. The number of nitrogens with one attached hydrogen (secondary N) is 1. The first kappa shape index (κ1) is 21.2. The minimum Gasteiger partial charge on any atom is -0.330 e. The maximum atomic E-state index is 13.3. The molecule has 0 radical (unpaired) electrons. The molecule has 6 rings (SSSR count). The fourth-order valence-corrected chi connectivity index (χ4v) is 6.33. The second-order valence-corrected chi connectivity index (χ2v) is 10.2. The Labute approximate surface area is 197 Å². The highest BCUT2D eigenvalue weighted by atomic mass is 16.2. The molecule has 7 atom stereocenters. The number of tetrazole rings is 1. The molecule has 4 fully saturated rings. The van der Waals surface area contributed by atoms with E-state index in [2.05, 4.69) is 38.5 Å². The summed E-state index contributed by atoms with van der Waals surface area (Å²) in [6.07, 6.45) is 2.66. The lowest BCUT2D eigenvalue weighted by atomic mass is 10.0. The molecule has 3 aliphatic heterocycles. The summed E-state index contributed by atoms with van der Waals surface area (Å²) in [6.45, 7) is 5.37. The third kappa shape index (κ3) is 3.29. The molecular formula is C24H28N8O2. The summed E-state index contributed by atoms with van der Waals surface area (Å²) in [5.74, 6) is 1.12. The molecule has 3 saturated heterocycles. The first-order chi connectivity index (χ1) is 16.5. The summed E-state index contributed by atoms with van der Waals surface area (Å²) in [5, 5.41) is 23.4. The smallest absolute Gasteiger partial charge is 0.240 e. The van der Waals surface area contributed by atoms with Gasteiger partial charge in [0.2, 0.25) is 11.8 Å². The van der Waals surface area contributed by atoms with Gasteiger partial charge in [0, 0.05) is 36.7 Å². The van der Waals surface area contributed by atoms with Crippen LogP contribution in [0.4, 0.5) is 0 Å². The van der Waals surface area contributed by atoms with Crippen LogP contribution in [0.5, 0.6) is 0 Å². The van der Waals surface area contributed by atoms with E-state index in [4.69, 9.17) is 0 Å². The molecule has 10 nitrogen and oxygen atoms in total. The monoisotopic (exact) mass is 460 g/mol. The van der Waals surface area contributed by atoms with Gasteiger partial charge in [-0.3, -0.25) is 14.5 Å². The number of hydrogen-bond acceptors (Lipinski definition) is 7. The predicted molar refractivity (Wildman–Crippen MR) is 121 cm³/mol. The Morgan fingerprint density at radius 1 is 1.24 bits per heavy atom. The molecule has 1 unspecified atom stereocenters. The van der Waals surface area contributed by atoms with Crippen LogP contribution < -0.4 is 0 Å². The number of aromatic amines is 1. The van der Waals surface area contributed by atoms with Crippen molar-refractivity contribution in [3.05, 3.63) is 29.8 Å². The number of nitrogens with zero attached hydrogens (tertiary/aromatic N) is 7. The number of aromatic nitrogens is 4.